The first-order valence-corrected chi connectivity index (χ1v) is 13.1. The number of nitrogens with one attached hydrogen (secondary N) is 2. The zero-order valence-electron chi connectivity index (χ0n) is 21.6. The van der Waals surface area contributed by atoms with Crippen LogP contribution < -0.4 is 15.5 Å². The molecule has 1 heterocycles. The Morgan fingerprint density at radius 2 is 1.58 bits per heavy atom. The van der Waals surface area contributed by atoms with Crippen molar-refractivity contribution in [3.63, 3.8) is 0 Å². The van der Waals surface area contributed by atoms with Gasteiger partial charge < -0.3 is 15.5 Å². The first kappa shape index (κ1) is 25.5. The monoisotopic (exact) mass is 483 g/mol. The Balaban J connectivity index is 1.49. The molecule has 2 amide bonds. The van der Waals surface area contributed by atoms with E-state index in [1.54, 1.807) is 6.07 Å². The van der Waals surface area contributed by atoms with Crippen LogP contribution >= 0.6 is 0 Å². The minimum atomic E-state index is -0.178. The molecule has 1 aliphatic heterocycles. The fraction of sp³-hybridized carbons (Fsp3) is 0.355. The highest BCUT2D eigenvalue weighted by Gasteiger charge is 2.24. The summed E-state index contributed by atoms with van der Waals surface area (Å²) in [5, 5.41) is 6.00. The van der Waals surface area contributed by atoms with Gasteiger partial charge >= 0.3 is 0 Å². The van der Waals surface area contributed by atoms with Crippen LogP contribution in [0.5, 0.6) is 0 Å². The first-order valence-electron chi connectivity index (χ1n) is 13.1. The number of amides is 2. The maximum Gasteiger partial charge on any atom is 0.255 e. The van der Waals surface area contributed by atoms with Crippen LogP contribution in [0.25, 0.3) is 0 Å². The van der Waals surface area contributed by atoms with E-state index >= 15 is 0 Å². The molecule has 5 nitrogen and oxygen atoms in total. The lowest BCUT2D eigenvalue weighted by atomic mass is 9.89. The Labute approximate surface area is 214 Å². The maximum atomic E-state index is 13.2. The van der Waals surface area contributed by atoms with E-state index in [1.807, 2.05) is 50.2 Å². The van der Waals surface area contributed by atoms with Gasteiger partial charge in [0.2, 0.25) is 0 Å². The van der Waals surface area contributed by atoms with Gasteiger partial charge in [0.25, 0.3) is 11.8 Å². The van der Waals surface area contributed by atoms with Crippen molar-refractivity contribution in [3.05, 3.63) is 95.1 Å². The Morgan fingerprint density at radius 1 is 0.889 bits per heavy atom. The lowest BCUT2D eigenvalue weighted by molar-refractivity contribution is 0.0942. The molecule has 0 aliphatic carbocycles. The molecule has 5 heteroatoms. The van der Waals surface area contributed by atoms with Gasteiger partial charge in [-0.05, 0) is 86.9 Å². The summed E-state index contributed by atoms with van der Waals surface area (Å²) in [6.07, 6.45) is 4.21. The van der Waals surface area contributed by atoms with Crippen molar-refractivity contribution in [2.24, 2.45) is 5.92 Å². The van der Waals surface area contributed by atoms with Crippen molar-refractivity contribution < 1.29 is 9.59 Å². The molecule has 3 aromatic rings. The van der Waals surface area contributed by atoms with Gasteiger partial charge in [0.15, 0.2) is 0 Å². The Morgan fingerprint density at radius 3 is 2.22 bits per heavy atom. The van der Waals surface area contributed by atoms with Crippen LogP contribution in [0.1, 0.15) is 65.5 Å². The first-order chi connectivity index (χ1) is 17.4. The minimum absolute atomic E-state index is 0.0253. The summed E-state index contributed by atoms with van der Waals surface area (Å²) in [5.74, 6) is 0.353. The summed E-state index contributed by atoms with van der Waals surface area (Å²) >= 11 is 0. The van der Waals surface area contributed by atoms with Gasteiger partial charge in [-0.25, -0.2) is 0 Å². The summed E-state index contributed by atoms with van der Waals surface area (Å²) < 4.78 is 0. The number of benzene rings is 3. The van der Waals surface area contributed by atoms with E-state index in [1.165, 1.54) is 11.1 Å². The van der Waals surface area contributed by atoms with Crippen LogP contribution in [0, 0.1) is 5.92 Å². The molecular formula is C31H37N3O2. The molecule has 2 N–H and O–H groups in total. The Hall–Kier alpha value is -3.60. The quantitative estimate of drug-likeness (QED) is 0.407. The van der Waals surface area contributed by atoms with Crippen LogP contribution in [-0.4, -0.2) is 30.9 Å². The number of hydrogen-bond acceptors (Lipinski definition) is 3. The SMILES string of the molecule is CCc1ccc(C(=O)Nc2ccc(N3CCC(Cc4ccccc4)CC3)c(C(=O)NC(C)C)c2)cc1. The molecule has 0 atom stereocenters. The minimum Gasteiger partial charge on any atom is -0.371 e. The van der Waals surface area contributed by atoms with Gasteiger partial charge in [0.05, 0.1) is 5.56 Å². The molecule has 36 heavy (non-hydrogen) atoms. The third kappa shape index (κ3) is 6.54. The summed E-state index contributed by atoms with van der Waals surface area (Å²) in [6.45, 7) is 7.83. The predicted octanol–water partition coefficient (Wildman–Crippen LogP) is 6.10. The Kier molecular flexibility index (Phi) is 8.42. The molecule has 1 saturated heterocycles. The van der Waals surface area contributed by atoms with Gasteiger partial charge in [-0.3, -0.25) is 9.59 Å². The summed E-state index contributed by atoms with van der Waals surface area (Å²) in [6, 6.07) is 24.0. The van der Waals surface area contributed by atoms with Gasteiger partial charge in [0, 0.05) is 36.1 Å². The Bertz CT molecular complexity index is 1160. The van der Waals surface area contributed by atoms with Crippen molar-refractivity contribution >= 4 is 23.2 Å². The lowest BCUT2D eigenvalue weighted by Crippen LogP contribution is -2.37. The molecule has 0 aromatic heterocycles. The zero-order chi connectivity index (χ0) is 25.5. The summed E-state index contributed by atoms with van der Waals surface area (Å²) in [7, 11) is 0. The number of anilines is 2. The average Bonchev–Trinajstić information content (AvgIpc) is 2.89. The van der Waals surface area contributed by atoms with Crippen molar-refractivity contribution in [2.75, 3.05) is 23.3 Å². The molecule has 0 bridgehead atoms. The average molecular weight is 484 g/mol. The molecule has 0 radical (unpaired) electrons. The highest BCUT2D eigenvalue weighted by atomic mass is 16.2. The second-order valence-electron chi connectivity index (χ2n) is 9.98. The highest BCUT2D eigenvalue weighted by molar-refractivity contribution is 6.06. The number of hydrogen-bond donors (Lipinski definition) is 2. The smallest absolute Gasteiger partial charge is 0.255 e. The van der Waals surface area contributed by atoms with Crippen LogP contribution in [0.4, 0.5) is 11.4 Å². The van der Waals surface area contributed by atoms with Crippen molar-refractivity contribution in [1.82, 2.24) is 5.32 Å². The number of aryl methyl sites for hydroxylation is 1. The molecule has 3 aromatic carbocycles. The van der Waals surface area contributed by atoms with Crippen LogP contribution in [0.3, 0.4) is 0 Å². The largest absolute Gasteiger partial charge is 0.371 e. The van der Waals surface area contributed by atoms with Gasteiger partial charge in [-0.15, -0.1) is 0 Å². The van der Waals surface area contributed by atoms with Crippen LogP contribution in [-0.2, 0) is 12.8 Å². The van der Waals surface area contributed by atoms with Gasteiger partial charge in [-0.2, -0.15) is 0 Å². The van der Waals surface area contributed by atoms with Crippen LogP contribution in [0.15, 0.2) is 72.8 Å². The van der Waals surface area contributed by atoms with E-state index < -0.39 is 0 Å². The number of nitrogens with zero attached hydrogens (tertiary/aromatic N) is 1. The molecule has 0 spiro atoms. The van der Waals surface area contributed by atoms with Gasteiger partial charge in [-0.1, -0.05) is 49.4 Å². The van der Waals surface area contributed by atoms with E-state index in [0.717, 1.165) is 44.5 Å². The van der Waals surface area contributed by atoms with E-state index in [9.17, 15) is 9.59 Å². The van der Waals surface area contributed by atoms with Crippen LogP contribution in [0.2, 0.25) is 0 Å². The number of carbonyl (C=O) groups is 2. The topological polar surface area (TPSA) is 61.4 Å². The number of carbonyl (C=O) groups excluding carboxylic acids is 2. The maximum absolute atomic E-state index is 13.2. The van der Waals surface area contributed by atoms with Crippen molar-refractivity contribution in [2.45, 2.75) is 52.5 Å². The molecular weight excluding hydrogens is 446 g/mol. The summed E-state index contributed by atoms with van der Waals surface area (Å²) in [5.41, 5.74) is 5.33. The fourth-order valence-corrected chi connectivity index (χ4v) is 4.83. The second kappa shape index (κ2) is 11.9. The second-order valence-corrected chi connectivity index (χ2v) is 9.98. The number of piperidine rings is 1. The molecule has 1 fully saturated rings. The molecule has 4 rings (SSSR count). The zero-order valence-corrected chi connectivity index (χ0v) is 21.6. The fourth-order valence-electron chi connectivity index (χ4n) is 4.83. The lowest BCUT2D eigenvalue weighted by Gasteiger charge is -2.35. The van der Waals surface area contributed by atoms with E-state index in [2.05, 4.69) is 52.8 Å². The predicted molar refractivity (Wildman–Crippen MR) is 148 cm³/mol. The van der Waals surface area contributed by atoms with E-state index in [4.69, 9.17) is 0 Å². The standard InChI is InChI=1S/C31H37N3O2/c1-4-23-10-12-26(13-11-23)30(35)33-27-14-15-29(28(21-27)31(36)32-22(2)3)34-18-16-25(17-19-34)20-24-8-6-5-7-9-24/h5-15,21-22,25H,4,16-20H2,1-3H3,(H,32,36)(H,33,35). The molecule has 0 unspecified atom stereocenters. The molecule has 188 valence electrons. The molecule has 1 aliphatic rings. The van der Waals surface area contributed by atoms with E-state index in [0.29, 0.717) is 22.7 Å². The molecule has 0 saturated carbocycles. The highest BCUT2D eigenvalue weighted by Crippen LogP contribution is 2.30. The van der Waals surface area contributed by atoms with Crippen molar-refractivity contribution in [3.8, 4) is 0 Å². The third-order valence-electron chi connectivity index (χ3n) is 6.87. The van der Waals surface area contributed by atoms with Gasteiger partial charge in [0.1, 0.15) is 0 Å². The van der Waals surface area contributed by atoms with E-state index in [-0.39, 0.29) is 17.9 Å². The normalized spacial score (nSPS) is 14.1. The summed E-state index contributed by atoms with van der Waals surface area (Å²) in [4.78, 5) is 28.3. The number of rotatable bonds is 8. The van der Waals surface area contributed by atoms with Crippen molar-refractivity contribution in [1.29, 1.82) is 0 Å². The third-order valence-corrected chi connectivity index (χ3v) is 6.87.